The zero-order valence-corrected chi connectivity index (χ0v) is 15.6. The van der Waals surface area contributed by atoms with Crippen LogP contribution in [0.4, 0.5) is 5.69 Å². The second kappa shape index (κ2) is 4.93. The first-order chi connectivity index (χ1) is 13.0. The molecule has 27 heavy (non-hydrogen) atoms. The van der Waals surface area contributed by atoms with Crippen molar-refractivity contribution in [3.8, 4) is 0 Å². The molecule has 3 fully saturated rings. The number of benzene rings is 1. The van der Waals surface area contributed by atoms with Crippen molar-refractivity contribution >= 4 is 11.7 Å². The lowest BCUT2D eigenvalue weighted by Crippen LogP contribution is -2.66. The number of rotatable bonds is 2. The molecule has 1 aromatic rings. The SMILES string of the molecule is COC(=O)C1=C2Nc3ccccc3[C@]23CCN2C[C@H]4O[C@H]4[C@]([C@H](C)O)(C1)[C@H]23. The van der Waals surface area contributed by atoms with Crippen molar-refractivity contribution in [1.29, 1.82) is 0 Å². The molecule has 0 saturated carbocycles. The predicted octanol–water partition coefficient (Wildman–Crippen LogP) is 1.40. The van der Waals surface area contributed by atoms with E-state index in [1.165, 1.54) is 12.7 Å². The molecule has 0 radical (unpaired) electrons. The number of nitrogens with one attached hydrogen (secondary N) is 1. The standard InChI is InChI=1S/C21H24N2O4/c1-11(24)21-9-12(18(25)26-2)16-20(13-5-3-4-6-14(13)22-16)7-8-23(19(20)21)10-15-17(21)27-15/h3-6,11,15,17,19,22,24H,7-10H2,1-2H3/t11-,15+,17+,19+,20+,21+/m0/s1. The number of nitrogens with zero attached hydrogens (tertiary/aromatic N) is 1. The van der Waals surface area contributed by atoms with Gasteiger partial charge in [0.2, 0.25) is 0 Å². The van der Waals surface area contributed by atoms with E-state index in [4.69, 9.17) is 9.47 Å². The van der Waals surface area contributed by atoms with Gasteiger partial charge in [-0.25, -0.2) is 4.79 Å². The third-order valence-electron chi connectivity index (χ3n) is 7.77. The topological polar surface area (TPSA) is 74.3 Å². The molecule has 6 heteroatoms. The highest BCUT2D eigenvalue weighted by Crippen LogP contribution is 2.68. The van der Waals surface area contributed by atoms with Crippen molar-refractivity contribution in [3.05, 3.63) is 41.1 Å². The van der Waals surface area contributed by atoms with E-state index in [1.54, 1.807) is 0 Å². The van der Waals surface area contributed by atoms with Crippen molar-refractivity contribution in [2.75, 3.05) is 25.5 Å². The molecule has 6 atom stereocenters. The summed E-state index contributed by atoms with van der Waals surface area (Å²) in [7, 11) is 1.43. The summed E-state index contributed by atoms with van der Waals surface area (Å²) in [6, 6.07) is 8.46. The zero-order chi connectivity index (χ0) is 18.6. The third kappa shape index (κ3) is 1.67. The summed E-state index contributed by atoms with van der Waals surface area (Å²) < 4.78 is 11.2. The Balaban J connectivity index is 1.67. The first kappa shape index (κ1) is 16.1. The molecule has 142 valence electrons. The van der Waals surface area contributed by atoms with Crippen LogP contribution in [-0.4, -0.2) is 60.5 Å². The lowest BCUT2D eigenvalue weighted by atomic mass is 9.52. The number of epoxide rings is 1. The van der Waals surface area contributed by atoms with Gasteiger partial charge in [0.1, 0.15) is 0 Å². The molecule has 3 saturated heterocycles. The maximum atomic E-state index is 12.8. The molecule has 0 amide bonds. The summed E-state index contributed by atoms with van der Waals surface area (Å²) in [5.41, 5.74) is 3.15. The van der Waals surface area contributed by atoms with Crippen LogP contribution in [0.2, 0.25) is 0 Å². The highest BCUT2D eigenvalue weighted by Gasteiger charge is 2.75. The fourth-order valence-corrected chi connectivity index (χ4v) is 6.79. The Morgan fingerprint density at radius 1 is 1.44 bits per heavy atom. The number of methoxy groups -OCH3 is 1. The van der Waals surface area contributed by atoms with Crippen LogP contribution in [0.3, 0.4) is 0 Å². The quantitative estimate of drug-likeness (QED) is 0.607. The molecule has 6 nitrogen and oxygen atoms in total. The molecule has 6 rings (SSSR count). The number of fused-ring (bicyclic) bond motifs is 3. The summed E-state index contributed by atoms with van der Waals surface area (Å²) in [4.78, 5) is 15.3. The summed E-state index contributed by atoms with van der Waals surface area (Å²) >= 11 is 0. The van der Waals surface area contributed by atoms with Gasteiger partial charge in [-0.05, 0) is 37.9 Å². The maximum Gasteiger partial charge on any atom is 0.335 e. The Hall–Kier alpha value is -1.89. The second-order valence-corrected chi connectivity index (χ2v) is 8.69. The highest BCUT2D eigenvalue weighted by atomic mass is 16.6. The number of aliphatic hydroxyl groups excluding tert-OH is 1. The van der Waals surface area contributed by atoms with E-state index in [0.29, 0.717) is 12.0 Å². The Kier molecular flexibility index (Phi) is 2.94. The van der Waals surface area contributed by atoms with Crippen molar-refractivity contribution < 1.29 is 19.4 Å². The summed E-state index contributed by atoms with van der Waals surface area (Å²) in [5.74, 6) is -0.302. The fraction of sp³-hybridized carbons (Fsp3) is 0.571. The Labute approximate surface area is 158 Å². The molecule has 0 bridgehead atoms. The van der Waals surface area contributed by atoms with Gasteiger partial charge in [0.15, 0.2) is 0 Å². The lowest BCUT2D eigenvalue weighted by Gasteiger charge is -2.55. The Morgan fingerprint density at radius 3 is 3.04 bits per heavy atom. The minimum atomic E-state index is -0.579. The van der Waals surface area contributed by atoms with Gasteiger partial charge < -0.3 is 19.9 Å². The van der Waals surface area contributed by atoms with Crippen LogP contribution in [-0.2, 0) is 19.7 Å². The minimum Gasteiger partial charge on any atom is -0.466 e. The fourth-order valence-electron chi connectivity index (χ4n) is 6.79. The Bertz CT molecular complexity index is 896. The second-order valence-electron chi connectivity index (χ2n) is 8.69. The molecule has 2 N–H and O–H groups in total. The van der Waals surface area contributed by atoms with Gasteiger partial charge in [-0.15, -0.1) is 0 Å². The first-order valence-corrected chi connectivity index (χ1v) is 9.80. The van der Waals surface area contributed by atoms with Gasteiger partial charge in [-0.3, -0.25) is 4.90 Å². The molecule has 1 aliphatic carbocycles. The molecule has 0 unspecified atom stereocenters. The van der Waals surface area contributed by atoms with Crippen molar-refractivity contribution in [2.45, 2.75) is 49.5 Å². The molecule has 5 aliphatic rings. The number of ether oxygens (including phenoxy) is 2. The van der Waals surface area contributed by atoms with Gasteiger partial charge in [0.05, 0.1) is 36.4 Å². The normalized spacial score (nSPS) is 41.8. The lowest BCUT2D eigenvalue weighted by molar-refractivity contribution is -0.138. The smallest absolute Gasteiger partial charge is 0.335 e. The number of carbonyl (C=O) groups is 1. The monoisotopic (exact) mass is 368 g/mol. The average Bonchev–Trinajstić information content (AvgIpc) is 3.25. The van der Waals surface area contributed by atoms with Crippen molar-refractivity contribution in [1.82, 2.24) is 4.90 Å². The minimum absolute atomic E-state index is 0.00249. The van der Waals surface area contributed by atoms with Crippen LogP contribution in [0, 0.1) is 5.41 Å². The van der Waals surface area contributed by atoms with E-state index in [0.717, 1.165) is 30.9 Å². The molecular formula is C21H24N2O4. The highest BCUT2D eigenvalue weighted by molar-refractivity contribution is 5.93. The summed E-state index contributed by atoms with van der Waals surface area (Å²) in [5, 5.41) is 14.6. The van der Waals surface area contributed by atoms with Gasteiger partial charge in [-0.2, -0.15) is 0 Å². The number of anilines is 1. The van der Waals surface area contributed by atoms with Gasteiger partial charge in [-0.1, -0.05) is 18.2 Å². The molecule has 0 aromatic heterocycles. The number of piperidine rings is 1. The van der Waals surface area contributed by atoms with Crippen molar-refractivity contribution in [2.24, 2.45) is 5.41 Å². The van der Waals surface area contributed by atoms with Crippen LogP contribution < -0.4 is 5.32 Å². The number of para-hydroxylation sites is 1. The first-order valence-electron chi connectivity index (χ1n) is 9.80. The van der Waals surface area contributed by atoms with E-state index in [-0.39, 0.29) is 29.6 Å². The number of hydrogen-bond acceptors (Lipinski definition) is 6. The molecule has 1 aromatic carbocycles. The van der Waals surface area contributed by atoms with E-state index < -0.39 is 11.5 Å². The van der Waals surface area contributed by atoms with Gasteiger partial charge in [0, 0.05) is 29.4 Å². The van der Waals surface area contributed by atoms with E-state index in [2.05, 4.69) is 28.4 Å². The molecule has 4 heterocycles. The molecule has 1 spiro atoms. The number of hydrogen-bond donors (Lipinski definition) is 2. The largest absolute Gasteiger partial charge is 0.466 e. The van der Waals surface area contributed by atoms with E-state index in [1.807, 2.05) is 13.0 Å². The molecular weight excluding hydrogens is 344 g/mol. The van der Waals surface area contributed by atoms with Crippen LogP contribution in [0.15, 0.2) is 35.5 Å². The average molecular weight is 368 g/mol. The van der Waals surface area contributed by atoms with Crippen LogP contribution in [0.1, 0.15) is 25.3 Å². The molecule has 4 aliphatic heterocycles. The number of esters is 1. The maximum absolute atomic E-state index is 12.8. The van der Waals surface area contributed by atoms with Crippen LogP contribution in [0.25, 0.3) is 0 Å². The Morgan fingerprint density at radius 2 is 2.26 bits per heavy atom. The van der Waals surface area contributed by atoms with Crippen LogP contribution >= 0.6 is 0 Å². The van der Waals surface area contributed by atoms with Gasteiger partial charge in [0.25, 0.3) is 0 Å². The van der Waals surface area contributed by atoms with Gasteiger partial charge >= 0.3 is 5.97 Å². The summed E-state index contributed by atoms with van der Waals surface area (Å²) in [6.45, 7) is 3.72. The third-order valence-corrected chi connectivity index (χ3v) is 7.77. The number of carbonyl (C=O) groups excluding carboxylic acids is 1. The van der Waals surface area contributed by atoms with Crippen LogP contribution in [0.5, 0.6) is 0 Å². The number of aliphatic hydroxyl groups is 1. The van der Waals surface area contributed by atoms with Crippen molar-refractivity contribution in [3.63, 3.8) is 0 Å². The van der Waals surface area contributed by atoms with E-state index in [9.17, 15) is 9.90 Å². The predicted molar refractivity (Wildman–Crippen MR) is 98.2 cm³/mol. The van der Waals surface area contributed by atoms with E-state index >= 15 is 0 Å². The zero-order valence-electron chi connectivity index (χ0n) is 15.6. The summed E-state index contributed by atoms with van der Waals surface area (Å²) in [6.07, 6.45) is 1.01.